The molecule has 1 spiro atoms. The monoisotopic (exact) mass is 371 g/mol. The number of nitrogens with zero attached hydrogens (tertiary/aromatic N) is 3. The number of imidazole rings is 1. The summed E-state index contributed by atoms with van der Waals surface area (Å²) in [5, 5.41) is 10.7. The number of aromatic nitrogens is 3. The molecule has 1 aliphatic carbocycles. The van der Waals surface area contributed by atoms with Gasteiger partial charge in [-0.1, -0.05) is 27.2 Å². The van der Waals surface area contributed by atoms with Crippen molar-refractivity contribution in [3.05, 3.63) is 28.3 Å². The second-order valence-electron chi connectivity index (χ2n) is 9.21. The normalized spacial score (nSPS) is 18.2. The van der Waals surface area contributed by atoms with Crippen LogP contribution < -0.4 is 11.0 Å². The minimum Gasteiger partial charge on any atom is -0.313 e. The van der Waals surface area contributed by atoms with Crippen LogP contribution in [-0.2, 0) is 20.0 Å². The lowest BCUT2D eigenvalue weighted by atomic mass is 9.97. The maximum atomic E-state index is 12.3. The molecule has 148 valence electrons. The quantitative estimate of drug-likeness (QED) is 0.813. The molecule has 2 aromatic rings. The van der Waals surface area contributed by atoms with E-state index in [0.29, 0.717) is 24.2 Å². The first-order valence-corrected chi connectivity index (χ1v) is 10.0. The third-order valence-corrected chi connectivity index (χ3v) is 5.42. The van der Waals surface area contributed by atoms with Crippen LogP contribution in [0, 0.1) is 10.8 Å². The lowest BCUT2D eigenvalue weighted by Gasteiger charge is -2.22. The van der Waals surface area contributed by atoms with Gasteiger partial charge in [0, 0.05) is 37.5 Å². The molecule has 0 unspecified atom stereocenters. The van der Waals surface area contributed by atoms with Crippen LogP contribution in [0.1, 0.15) is 58.6 Å². The summed E-state index contributed by atoms with van der Waals surface area (Å²) < 4.78 is 3.35. The van der Waals surface area contributed by atoms with Gasteiger partial charge in [-0.15, -0.1) is 0 Å². The van der Waals surface area contributed by atoms with Crippen molar-refractivity contribution in [2.75, 3.05) is 6.54 Å². The van der Waals surface area contributed by atoms with Crippen LogP contribution >= 0.6 is 0 Å². The van der Waals surface area contributed by atoms with Crippen molar-refractivity contribution in [2.45, 2.75) is 71.4 Å². The maximum absolute atomic E-state index is 12.3. The first-order valence-electron chi connectivity index (χ1n) is 10.0. The molecular weight excluding hydrogens is 338 g/mol. The molecule has 3 heterocycles. The van der Waals surface area contributed by atoms with Gasteiger partial charge in [0.25, 0.3) is 0 Å². The van der Waals surface area contributed by atoms with Gasteiger partial charge in [-0.2, -0.15) is 0 Å². The Bertz CT molecular complexity index is 859. The van der Waals surface area contributed by atoms with E-state index in [-0.39, 0.29) is 11.1 Å². The molecule has 1 aliphatic heterocycles. The van der Waals surface area contributed by atoms with Gasteiger partial charge in [0.05, 0.1) is 5.52 Å². The summed E-state index contributed by atoms with van der Waals surface area (Å²) in [7, 11) is 1.74. The number of fused-ring (bicyclic) bond motifs is 1. The van der Waals surface area contributed by atoms with Crippen molar-refractivity contribution in [3.8, 4) is 0 Å². The Morgan fingerprint density at radius 1 is 1.26 bits per heavy atom. The zero-order chi connectivity index (χ0) is 19.7. The summed E-state index contributed by atoms with van der Waals surface area (Å²) in [6, 6.07) is 3.81. The molecule has 0 aromatic carbocycles. The van der Waals surface area contributed by atoms with E-state index in [0.717, 1.165) is 11.2 Å². The van der Waals surface area contributed by atoms with Gasteiger partial charge in [-0.05, 0) is 49.8 Å². The summed E-state index contributed by atoms with van der Waals surface area (Å²) in [5.74, 6) is 0. The Morgan fingerprint density at radius 2 is 2.00 bits per heavy atom. The Hall–Kier alpha value is -1.95. The van der Waals surface area contributed by atoms with E-state index in [1.54, 1.807) is 16.2 Å². The van der Waals surface area contributed by atoms with Crippen molar-refractivity contribution < 1.29 is 0 Å². The van der Waals surface area contributed by atoms with Crippen LogP contribution in [0.2, 0.25) is 0 Å². The fourth-order valence-electron chi connectivity index (χ4n) is 3.77. The summed E-state index contributed by atoms with van der Waals surface area (Å²) in [6.07, 6.45) is 9.04. The second-order valence-corrected chi connectivity index (χ2v) is 9.21. The van der Waals surface area contributed by atoms with E-state index in [1.165, 1.54) is 44.9 Å². The van der Waals surface area contributed by atoms with E-state index in [9.17, 15) is 4.79 Å². The van der Waals surface area contributed by atoms with Gasteiger partial charge < -0.3 is 10.7 Å². The first-order chi connectivity index (χ1) is 12.7. The summed E-state index contributed by atoms with van der Waals surface area (Å²) >= 11 is 0. The second kappa shape index (κ2) is 7.58. The molecule has 0 atom stereocenters. The maximum Gasteiger partial charge on any atom is 0.330 e. The Morgan fingerprint density at radius 3 is 2.52 bits per heavy atom. The number of nitrogens with one attached hydrogen (secondary N) is 2. The Balaban J connectivity index is 0.000000216. The Kier molecular flexibility index (Phi) is 5.56. The molecule has 0 bridgehead atoms. The molecule has 0 radical (unpaired) electrons. The van der Waals surface area contributed by atoms with Crippen molar-refractivity contribution in [1.29, 1.82) is 5.41 Å². The van der Waals surface area contributed by atoms with Crippen molar-refractivity contribution in [2.24, 2.45) is 12.5 Å². The number of hydrogen-bond acceptors (Lipinski definition) is 4. The molecule has 27 heavy (non-hydrogen) atoms. The number of hydrogen-bond donors (Lipinski definition) is 2. The molecule has 6 heteroatoms. The van der Waals surface area contributed by atoms with E-state index < -0.39 is 0 Å². The first kappa shape index (κ1) is 19.8. The Labute approximate surface area is 161 Å². The fraction of sp³-hybridized carbons (Fsp3) is 0.667. The van der Waals surface area contributed by atoms with Gasteiger partial charge in [-0.3, -0.25) is 9.13 Å². The van der Waals surface area contributed by atoms with Crippen LogP contribution in [0.15, 0.2) is 16.9 Å². The van der Waals surface area contributed by atoms with Crippen molar-refractivity contribution >= 4 is 17.4 Å². The van der Waals surface area contributed by atoms with Crippen molar-refractivity contribution in [1.82, 2.24) is 19.4 Å². The molecule has 0 amide bonds. The van der Waals surface area contributed by atoms with Gasteiger partial charge in [0.15, 0.2) is 5.65 Å². The van der Waals surface area contributed by atoms with Crippen LogP contribution in [-0.4, -0.2) is 32.4 Å². The molecule has 2 aliphatic rings. The lowest BCUT2D eigenvalue weighted by Crippen LogP contribution is -2.35. The van der Waals surface area contributed by atoms with Crippen LogP contribution in [0.5, 0.6) is 0 Å². The molecule has 6 nitrogen and oxygen atoms in total. The minimum absolute atomic E-state index is 0.0335. The van der Waals surface area contributed by atoms with Gasteiger partial charge in [0.1, 0.15) is 0 Å². The molecule has 1 saturated heterocycles. The van der Waals surface area contributed by atoms with E-state index in [2.05, 4.69) is 31.1 Å². The average molecular weight is 372 g/mol. The molecular formula is C21H33N5O. The van der Waals surface area contributed by atoms with Gasteiger partial charge >= 0.3 is 5.69 Å². The molecule has 2 aromatic heterocycles. The number of pyridine rings is 1. The van der Waals surface area contributed by atoms with E-state index >= 15 is 0 Å². The SMILES string of the molecule is C1CCC2(CC2)NC1.Cn1c(=O)n(CC(C)(C)C)c2ccc(CC=N)nc21. The number of rotatable bonds is 3. The predicted octanol–water partition coefficient (Wildman–Crippen LogP) is 3.27. The smallest absolute Gasteiger partial charge is 0.313 e. The highest BCUT2D eigenvalue weighted by atomic mass is 16.1. The predicted molar refractivity (Wildman–Crippen MR) is 111 cm³/mol. The van der Waals surface area contributed by atoms with Gasteiger partial charge in [0.2, 0.25) is 0 Å². The number of aryl methyl sites for hydroxylation is 1. The molecule has 4 rings (SSSR count). The largest absolute Gasteiger partial charge is 0.330 e. The van der Waals surface area contributed by atoms with Crippen LogP contribution in [0.3, 0.4) is 0 Å². The van der Waals surface area contributed by atoms with Gasteiger partial charge in [-0.25, -0.2) is 9.78 Å². The highest BCUT2D eigenvalue weighted by Gasteiger charge is 2.42. The standard InChI is InChI=1S/C14H20N4O.C7H13N/c1-14(2,3)9-18-11-6-5-10(7-8-15)16-12(11)17(4)13(18)19;1-2-6-8-7(3-1)4-5-7/h5-6,8,15H,7,9H2,1-4H3;8H,1-6H2. The lowest BCUT2D eigenvalue weighted by molar-refractivity contribution is 0.342. The van der Waals surface area contributed by atoms with Crippen LogP contribution in [0.25, 0.3) is 11.2 Å². The zero-order valence-corrected chi connectivity index (χ0v) is 17.1. The third-order valence-electron chi connectivity index (χ3n) is 5.42. The fourth-order valence-corrected chi connectivity index (χ4v) is 3.77. The van der Waals surface area contributed by atoms with E-state index in [4.69, 9.17) is 5.41 Å². The molecule has 2 N–H and O–H groups in total. The summed E-state index contributed by atoms with van der Waals surface area (Å²) in [5.41, 5.74) is 3.03. The summed E-state index contributed by atoms with van der Waals surface area (Å²) in [6.45, 7) is 8.26. The highest BCUT2D eigenvalue weighted by Crippen LogP contribution is 2.41. The van der Waals surface area contributed by atoms with E-state index in [1.807, 2.05) is 12.1 Å². The zero-order valence-electron chi connectivity index (χ0n) is 17.1. The minimum atomic E-state index is -0.0376. The third kappa shape index (κ3) is 4.67. The molecule has 1 saturated carbocycles. The van der Waals surface area contributed by atoms with Crippen molar-refractivity contribution in [3.63, 3.8) is 0 Å². The number of piperidine rings is 1. The average Bonchev–Trinajstić information content (AvgIpc) is 3.33. The molecule has 2 fully saturated rings. The summed E-state index contributed by atoms with van der Waals surface area (Å²) in [4.78, 5) is 16.7. The van der Waals surface area contributed by atoms with Crippen LogP contribution in [0.4, 0.5) is 0 Å². The topological polar surface area (TPSA) is 75.7 Å². The highest BCUT2D eigenvalue weighted by molar-refractivity contribution is 5.72.